The molecule has 0 bridgehead atoms. The van der Waals surface area contributed by atoms with Crippen LogP contribution in [-0.4, -0.2) is 77.7 Å². The molecule has 382 valence electrons. The Hall–Kier alpha value is -7.28. The third kappa shape index (κ3) is 11.8. The second kappa shape index (κ2) is 21.1. The number of anilines is 3. The highest BCUT2D eigenvalue weighted by molar-refractivity contribution is 6.03. The fraction of sp³-hybridized carbons (Fsp3) is 0.491. The molecule has 4 aliphatic rings. The summed E-state index contributed by atoms with van der Waals surface area (Å²) >= 11 is 0. The number of esters is 2. The van der Waals surface area contributed by atoms with Crippen molar-refractivity contribution in [2.24, 2.45) is 22.6 Å². The van der Waals surface area contributed by atoms with Crippen LogP contribution < -0.4 is 27.5 Å². The van der Waals surface area contributed by atoms with Crippen LogP contribution in [0.5, 0.6) is 0 Å². The lowest BCUT2D eigenvalue weighted by Crippen LogP contribution is -2.34. The van der Waals surface area contributed by atoms with Crippen molar-refractivity contribution in [1.82, 2.24) is 29.5 Å². The number of pyridine rings is 2. The maximum absolute atomic E-state index is 14.2. The Balaban J connectivity index is 0.846. The molecular weight excluding hydrogens is 925 g/mol. The molecule has 0 amide bonds. The van der Waals surface area contributed by atoms with E-state index < -0.39 is 11.2 Å². The number of nitrogens with one attached hydrogen (secondary N) is 4. The van der Waals surface area contributed by atoms with Gasteiger partial charge in [-0.25, -0.2) is 4.99 Å². The number of hydrogen-bond acceptors (Lipinski definition) is 14. The van der Waals surface area contributed by atoms with E-state index in [-0.39, 0.29) is 77.8 Å². The summed E-state index contributed by atoms with van der Waals surface area (Å²) in [6, 6.07) is 20.0. The Labute approximate surface area is 424 Å². The highest BCUT2D eigenvalue weighted by Crippen LogP contribution is 2.38. The number of aliphatic imine (C=N–C) groups is 1. The van der Waals surface area contributed by atoms with Crippen molar-refractivity contribution < 1.29 is 19.1 Å². The molecular formula is C55H66N12O6. The lowest BCUT2D eigenvalue weighted by atomic mass is 9.85. The average molecular weight is 991 g/mol. The molecule has 0 spiro atoms. The summed E-state index contributed by atoms with van der Waals surface area (Å²) in [5.41, 5.74) is 11.9. The van der Waals surface area contributed by atoms with Crippen molar-refractivity contribution in [1.29, 1.82) is 10.5 Å². The fourth-order valence-corrected chi connectivity index (χ4v) is 11.0. The number of nitrogens with two attached hydrogens (primary N) is 1. The van der Waals surface area contributed by atoms with Gasteiger partial charge in [0.25, 0.3) is 11.1 Å². The van der Waals surface area contributed by atoms with Crippen LogP contribution in [0, 0.1) is 34.5 Å². The van der Waals surface area contributed by atoms with Crippen molar-refractivity contribution in [2.75, 3.05) is 23.7 Å². The van der Waals surface area contributed by atoms with E-state index in [4.69, 9.17) is 20.3 Å². The minimum atomic E-state index is -0.980. The molecule has 9 rings (SSSR count). The Kier molecular flexibility index (Phi) is 14.6. The van der Waals surface area contributed by atoms with Gasteiger partial charge in [-0.15, -0.1) is 0 Å². The van der Waals surface area contributed by atoms with Gasteiger partial charge in [0.15, 0.2) is 5.82 Å². The van der Waals surface area contributed by atoms with Gasteiger partial charge in [0.2, 0.25) is 0 Å². The standard InChI is InChI=1S/C55H66N12O6/c1-54(2,3)72-47(69)32-66-29-36-15-17-40(23-38(36)31-66)61-51-49-45(67(64-51)44-13-9-7-11-34(44)27-57)24-41(62-53(49)71)25-55(4,5)73-46(68)19-21-65-28-35-14-16-39(22-37(35)30-65)60-50(58)48-43(18-20-59-52(48)70)63-42-12-8-6-10-33(42)26-56/h14-18,20,22-24,33-34,42,44H,6-13,19,21,25,28-32H2,1-5H3,(H2,58,60)(H,61,64)(H,62,71)(H2,59,63,70)/t33-,34-,42+,44+/m1/s1. The Bertz CT molecular complexity index is 3150. The lowest BCUT2D eigenvalue weighted by molar-refractivity contribution is -0.157. The first-order chi connectivity index (χ1) is 34.9. The molecule has 2 fully saturated rings. The molecule has 2 aliphatic carbocycles. The summed E-state index contributed by atoms with van der Waals surface area (Å²) in [6.45, 7) is 12.3. The van der Waals surface area contributed by atoms with Gasteiger partial charge >= 0.3 is 11.9 Å². The van der Waals surface area contributed by atoms with Crippen molar-refractivity contribution in [3.05, 3.63) is 109 Å². The van der Waals surface area contributed by atoms with E-state index >= 15 is 0 Å². The molecule has 18 heteroatoms. The summed E-state index contributed by atoms with van der Waals surface area (Å²) in [5.74, 6) is -0.613. The van der Waals surface area contributed by atoms with Crippen molar-refractivity contribution in [2.45, 2.75) is 148 Å². The molecule has 5 aromatic rings. The third-order valence-electron chi connectivity index (χ3n) is 14.4. The summed E-state index contributed by atoms with van der Waals surface area (Å²) in [7, 11) is 0. The van der Waals surface area contributed by atoms with Gasteiger partial charge in [0, 0.05) is 62.8 Å². The number of ether oxygens (including phenoxy) is 2. The van der Waals surface area contributed by atoms with Crippen molar-refractivity contribution >= 4 is 51.6 Å². The number of nitriles is 2. The second-order valence-electron chi connectivity index (χ2n) is 21.8. The quantitative estimate of drug-likeness (QED) is 0.0380. The van der Waals surface area contributed by atoms with E-state index in [1.54, 1.807) is 12.3 Å². The SMILES string of the molecule is CC(C)(C)OC(=O)CN1Cc2ccc(Nc3nn([C@H]4CCCC[C@@H]4C#N)c4cc(CC(C)(C)OC(=O)CCN5Cc6ccc(N=C(N)c7c(N[C@H]8CCCC[C@@H]8C#N)cc[nH]c7=O)cc6C5)[nH]c(=O)c34)cc2C1. The number of benzene rings is 2. The molecule has 2 aliphatic heterocycles. The van der Waals surface area contributed by atoms with Gasteiger partial charge < -0.3 is 35.8 Å². The Morgan fingerprint density at radius 1 is 0.822 bits per heavy atom. The number of amidine groups is 1. The van der Waals surface area contributed by atoms with Crippen molar-refractivity contribution in [3.63, 3.8) is 0 Å². The van der Waals surface area contributed by atoms with Gasteiger partial charge in [-0.05, 0) is 119 Å². The minimum absolute atomic E-state index is 0.0699. The summed E-state index contributed by atoms with van der Waals surface area (Å²) < 4.78 is 13.5. The zero-order valence-electron chi connectivity index (χ0n) is 42.5. The van der Waals surface area contributed by atoms with Crippen LogP contribution in [0.15, 0.2) is 69.3 Å². The van der Waals surface area contributed by atoms with E-state index in [2.05, 4.69) is 42.6 Å². The van der Waals surface area contributed by atoms with Gasteiger partial charge in [-0.2, -0.15) is 15.6 Å². The van der Waals surface area contributed by atoms with E-state index in [0.717, 1.165) is 79.3 Å². The van der Waals surface area contributed by atoms with E-state index in [9.17, 15) is 29.7 Å². The van der Waals surface area contributed by atoms with Gasteiger partial charge in [-0.1, -0.05) is 37.8 Å². The molecule has 0 saturated heterocycles. The summed E-state index contributed by atoms with van der Waals surface area (Å²) in [5, 5.41) is 32.2. The minimum Gasteiger partial charge on any atom is -0.459 e. The second-order valence-corrected chi connectivity index (χ2v) is 21.8. The van der Waals surface area contributed by atoms with Crippen LogP contribution in [0.1, 0.15) is 132 Å². The molecule has 2 saturated carbocycles. The largest absolute Gasteiger partial charge is 0.459 e. The van der Waals surface area contributed by atoms with Gasteiger partial charge in [0.05, 0.1) is 59.9 Å². The maximum Gasteiger partial charge on any atom is 0.320 e. The topological polar surface area (TPSA) is 253 Å². The predicted octanol–water partition coefficient (Wildman–Crippen LogP) is 7.87. The predicted molar refractivity (Wildman–Crippen MR) is 278 cm³/mol. The monoisotopic (exact) mass is 991 g/mol. The molecule has 6 N–H and O–H groups in total. The molecule has 0 radical (unpaired) electrons. The first kappa shape index (κ1) is 50.7. The molecule has 4 atom stereocenters. The molecule has 3 aromatic heterocycles. The third-order valence-corrected chi connectivity index (χ3v) is 14.4. The number of carbonyl (C=O) groups is 2. The van der Waals surface area contributed by atoms with Crippen LogP contribution in [0.2, 0.25) is 0 Å². The van der Waals surface area contributed by atoms with Gasteiger partial charge in [0.1, 0.15) is 28.0 Å². The number of fused-ring (bicyclic) bond motifs is 3. The number of rotatable bonds is 15. The molecule has 18 nitrogen and oxygen atoms in total. The summed E-state index contributed by atoms with van der Waals surface area (Å²) in [6.07, 6.45) is 8.97. The fourth-order valence-electron chi connectivity index (χ4n) is 11.0. The summed E-state index contributed by atoms with van der Waals surface area (Å²) in [4.78, 5) is 68.0. The molecule has 0 unspecified atom stereocenters. The van der Waals surface area contributed by atoms with Crippen LogP contribution in [0.4, 0.5) is 22.9 Å². The number of aromatic amines is 2. The normalized spacial score (nSPS) is 20.5. The smallest absolute Gasteiger partial charge is 0.320 e. The number of carbonyl (C=O) groups excluding carboxylic acids is 2. The van der Waals surface area contributed by atoms with E-state index in [0.29, 0.717) is 66.5 Å². The molecule has 2 aromatic carbocycles. The highest BCUT2D eigenvalue weighted by atomic mass is 16.6. The Morgan fingerprint density at radius 2 is 1.51 bits per heavy atom. The van der Waals surface area contributed by atoms with Crippen molar-refractivity contribution in [3.8, 4) is 12.1 Å². The number of aromatic nitrogens is 4. The number of nitrogens with zero attached hydrogens (tertiary/aromatic N) is 7. The van der Waals surface area contributed by atoms with Crippen LogP contribution in [0.3, 0.4) is 0 Å². The zero-order chi connectivity index (χ0) is 51.6. The number of hydrogen-bond donors (Lipinski definition) is 5. The molecule has 73 heavy (non-hydrogen) atoms. The Morgan fingerprint density at radius 3 is 2.27 bits per heavy atom. The van der Waals surface area contributed by atoms with E-state index in [1.807, 2.05) is 86.7 Å². The van der Waals surface area contributed by atoms with Crippen LogP contribution >= 0.6 is 0 Å². The van der Waals surface area contributed by atoms with Gasteiger partial charge in [-0.3, -0.25) is 33.7 Å². The lowest BCUT2D eigenvalue weighted by Gasteiger charge is -2.29. The zero-order valence-corrected chi connectivity index (χ0v) is 42.5. The average Bonchev–Trinajstić information content (AvgIpc) is 4.04. The number of H-pyrrole nitrogens is 2. The van der Waals surface area contributed by atoms with Crippen LogP contribution in [-0.2, 0) is 51.7 Å². The first-order valence-corrected chi connectivity index (χ1v) is 25.6. The van der Waals surface area contributed by atoms with Crippen LogP contribution in [0.25, 0.3) is 10.9 Å². The highest BCUT2D eigenvalue weighted by Gasteiger charge is 2.33. The first-order valence-electron chi connectivity index (χ1n) is 25.6. The molecule has 5 heterocycles. The van der Waals surface area contributed by atoms with E-state index in [1.165, 1.54) is 0 Å². The maximum atomic E-state index is 14.2.